The fourth-order valence-electron chi connectivity index (χ4n) is 1.54. The Morgan fingerprint density at radius 1 is 1.56 bits per heavy atom. The predicted molar refractivity (Wildman–Crippen MR) is 56.6 cm³/mol. The van der Waals surface area contributed by atoms with Crippen molar-refractivity contribution in [2.24, 2.45) is 7.05 Å². The molecule has 1 aromatic carbocycles. The van der Waals surface area contributed by atoms with Gasteiger partial charge in [0.2, 0.25) is 0 Å². The van der Waals surface area contributed by atoms with Crippen LogP contribution in [0.15, 0.2) is 18.3 Å². The van der Waals surface area contributed by atoms with Crippen LogP contribution in [0.25, 0.3) is 10.9 Å². The number of fused-ring (bicyclic) bond motifs is 1. The SMILES string of the molecule is CCOC(=O)c1cc(F)c2cnn(C)c2c1. The molecular weight excluding hydrogens is 211 g/mol. The van der Waals surface area contributed by atoms with Gasteiger partial charge in [0, 0.05) is 7.05 Å². The van der Waals surface area contributed by atoms with E-state index in [0.29, 0.717) is 10.9 Å². The van der Waals surface area contributed by atoms with Crippen LogP contribution in [0.2, 0.25) is 0 Å². The molecule has 0 atom stereocenters. The summed E-state index contributed by atoms with van der Waals surface area (Å²) in [5.74, 6) is -0.988. The molecule has 2 rings (SSSR count). The number of rotatable bonds is 2. The van der Waals surface area contributed by atoms with Gasteiger partial charge >= 0.3 is 5.97 Å². The van der Waals surface area contributed by atoms with Crippen LogP contribution in [0.4, 0.5) is 4.39 Å². The van der Waals surface area contributed by atoms with Crippen LogP contribution >= 0.6 is 0 Å². The predicted octanol–water partition coefficient (Wildman–Crippen LogP) is 1.89. The molecule has 0 amide bonds. The van der Waals surface area contributed by atoms with E-state index >= 15 is 0 Å². The van der Waals surface area contributed by atoms with Crippen molar-refractivity contribution < 1.29 is 13.9 Å². The first-order chi connectivity index (χ1) is 7.63. The van der Waals surface area contributed by atoms with E-state index in [-0.39, 0.29) is 12.2 Å². The monoisotopic (exact) mass is 222 g/mol. The molecule has 84 valence electrons. The minimum absolute atomic E-state index is 0.204. The molecule has 0 saturated carbocycles. The number of ether oxygens (including phenoxy) is 1. The van der Waals surface area contributed by atoms with E-state index in [4.69, 9.17) is 4.74 Å². The van der Waals surface area contributed by atoms with Gasteiger partial charge < -0.3 is 4.74 Å². The van der Waals surface area contributed by atoms with Gasteiger partial charge in [-0.1, -0.05) is 0 Å². The third-order valence-electron chi connectivity index (χ3n) is 2.33. The number of esters is 1. The van der Waals surface area contributed by atoms with Crippen LogP contribution < -0.4 is 0 Å². The first kappa shape index (κ1) is 10.6. The summed E-state index contributed by atoms with van der Waals surface area (Å²) in [6, 6.07) is 2.74. The van der Waals surface area contributed by atoms with E-state index in [1.54, 1.807) is 20.0 Å². The minimum atomic E-state index is -0.524. The molecule has 16 heavy (non-hydrogen) atoms. The molecule has 0 radical (unpaired) electrons. The number of hydrogen-bond acceptors (Lipinski definition) is 3. The lowest BCUT2D eigenvalue weighted by atomic mass is 10.1. The standard InChI is InChI=1S/C11H11FN2O2/c1-3-16-11(15)7-4-9(12)8-6-13-14(2)10(8)5-7/h4-6H,3H2,1-2H3. The second kappa shape index (κ2) is 3.92. The first-order valence-corrected chi connectivity index (χ1v) is 4.92. The van der Waals surface area contributed by atoms with Crippen molar-refractivity contribution in [3.05, 3.63) is 29.7 Å². The minimum Gasteiger partial charge on any atom is -0.462 e. The molecular formula is C11H11FN2O2. The van der Waals surface area contributed by atoms with E-state index in [0.717, 1.165) is 0 Å². The van der Waals surface area contributed by atoms with Crippen molar-refractivity contribution in [1.82, 2.24) is 9.78 Å². The van der Waals surface area contributed by atoms with Crippen molar-refractivity contribution in [2.45, 2.75) is 6.92 Å². The fourth-order valence-corrected chi connectivity index (χ4v) is 1.54. The average molecular weight is 222 g/mol. The molecule has 0 spiro atoms. The Balaban J connectivity index is 2.56. The molecule has 0 saturated heterocycles. The number of carbonyl (C=O) groups excluding carboxylic acids is 1. The molecule has 5 heteroatoms. The number of halogens is 1. The summed E-state index contributed by atoms with van der Waals surface area (Å²) < 4.78 is 19.9. The van der Waals surface area contributed by atoms with E-state index in [1.165, 1.54) is 16.9 Å². The molecule has 2 aromatic rings. The second-order valence-electron chi connectivity index (χ2n) is 3.38. The quantitative estimate of drug-likeness (QED) is 0.729. The summed E-state index contributed by atoms with van der Waals surface area (Å²) in [7, 11) is 1.69. The summed E-state index contributed by atoms with van der Waals surface area (Å²) in [4.78, 5) is 11.5. The zero-order valence-electron chi connectivity index (χ0n) is 9.03. The lowest BCUT2D eigenvalue weighted by Gasteiger charge is -2.03. The Labute approximate surface area is 91.6 Å². The Hall–Kier alpha value is -1.91. The zero-order valence-corrected chi connectivity index (χ0v) is 9.03. The van der Waals surface area contributed by atoms with E-state index in [2.05, 4.69) is 5.10 Å². The highest BCUT2D eigenvalue weighted by Gasteiger charge is 2.13. The summed E-state index contributed by atoms with van der Waals surface area (Å²) in [6.07, 6.45) is 1.43. The van der Waals surface area contributed by atoms with Crippen molar-refractivity contribution in [3.8, 4) is 0 Å². The van der Waals surface area contributed by atoms with Crippen LogP contribution in [0.3, 0.4) is 0 Å². The van der Waals surface area contributed by atoms with Crippen LogP contribution in [0, 0.1) is 5.82 Å². The van der Waals surface area contributed by atoms with Gasteiger partial charge in [0.1, 0.15) is 5.82 Å². The smallest absolute Gasteiger partial charge is 0.338 e. The molecule has 0 unspecified atom stereocenters. The molecule has 0 aliphatic rings. The van der Waals surface area contributed by atoms with Gasteiger partial charge in [-0.3, -0.25) is 4.68 Å². The normalized spacial score (nSPS) is 10.7. The lowest BCUT2D eigenvalue weighted by Crippen LogP contribution is -2.05. The number of nitrogens with zero attached hydrogens (tertiary/aromatic N) is 2. The van der Waals surface area contributed by atoms with Gasteiger partial charge in [0.25, 0.3) is 0 Å². The first-order valence-electron chi connectivity index (χ1n) is 4.92. The Kier molecular flexibility index (Phi) is 2.60. The van der Waals surface area contributed by atoms with Gasteiger partial charge in [-0.25, -0.2) is 9.18 Å². The van der Waals surface area contributed by atoms with Crippen molar-refractivity contribution in [3.63, 3.8) is 0 Å². The highest BCUT2D eigenvalue weighted by molar-refractivity contribution is 5.94. The summed E-state index contributed by atoms with van der Waals surface area (Å²) in [5.41, 5.74) is 0.776. The number of aryl methyl sites for hydroxylation is 1. The molecule has 0 aliphatic carbocycles. The van der Waals surface area contributed by atoms with Gasteiger partial charge in [-0.05, 0) is 19.1 Å². The molecule has 1 aromatic heterocycles. The van der Waals surface area contributed by atoms with Gasteiger partial charge in [0.15, 0.2) is 0 Å². The Morgan fingerprint density at radius 2 is 2.31 bits per heavy atom. The maximum atomic E-state index is 13.6. The van der Waals surface area contributed by atoms with E-state index in [1.807, 2.05) is 0 Å². The second-order valence-corrected chi connectivity index (χ2v) is 3.38. The molecule has 1 heterocycles. The molecule has 0 fully saturated rings. The molecule has 0 aliphatic heterocycles. The zero-order chi connectivity index (χ0) is 11.7. The maximum Gasteiger partial charge on any atom is 0.338 e. The number of carbonyl (C=O) groups is 1. The van der Waals surface area contributed by atoms with Gasteiger partial charge in [-0.15, -0.1) is 0 Å². The number of benzene rings is 1. The van der Waals surface area contributed by atoms with E-state index in [9.17, 15) is 9.18 Å². The van der Waals surface area contributed by atoms with E-state index < -0.39 is 11.8 Å². The maximum absolute atomic E-state index is 13.6. The van der Waals surface area contributed by atoms with Crippen LogP contribution in [-0.2, 0) is 11.8 Å². The van der Waals surface area contributed by atoms with Gasteiger partial charge in [0.05, 0.1) is 29.3 Å². The molecule has 0 bridgehead atoms. The van der Waals surface area contributed by atoms with Crippen LogP contribution in [0.1, 0.15) is 17.3 Å². The fraction of sp³-hybridized carbons (Fsp3) is 0.273. The highest BCUT2D eigenvalue weighted by Crippen LogP contribution is 2.19. The third-order valence-corrected chi connectivity index (χ3v) is 2.33. The summed E-state index contributed by atoms with van der Waals surface area (Å²) >= 11 is 0. The largest absolute Gasteiger partial charge is 0.462 e. The third kappa shape index (κ3) is 1.64. The molecule has 4 nitrogen and oxygen atoms in total. The number of hydrogen-bond donors (Lipinski definition) is 0. The van der Waals surface area contributed by atoms with Crippen molar-refractivity contribution in [2.75, 3.05) is 6.61 Å². The van der Waals surface area contributed by atoms with Gasteiger partial charge in [-0.2, -0.15) is 5.10 Å². The Morgan fingerprint density at radius 3 is 3.00 bits per heavy atom. The summed E-state index contributed by atoms with van der Waals surface area (Å²) in [6.45, 7) is 1.97. The van der Waals surface area contributed by atoms with Crippen molar-refractivity contribution in [1.29, 1.82) is 0 Å². The topological polar surface area (TPSA) is 44.1 Å². The Bertz CT molecular complexity index is 548. The summed E-state index contributed by atoms with van der Waals surface area (Å²) in [5, 5.41) is 4.33. The number of aromatic nitrogens is 2. The average Bonchev–Trinajstić information content (AvgIpc) is 2.61. The van der Waals surface area contributed by atoms with Crippen molar-refractivity contribution >= 4 is 16.9 Å². The van der Waals surface area contributed by atoms with Crippen LogP contribution in [-0.4, -0.2) is 22.4 Å². The highest BCUT2D eigenvalue weighted by atomic mass is 19.1. The van der Waals surface area contributed by atoms with Crippen LogP contribution in [0.5, 0.6) is 0 Å². The lowest BCUT2D eigenvalue weighted by molar-refractivity contribution is 0.0526. The molecule has 0 N–H and O–H groups in total.